The molecule has 0 amide bonds. The van der Waals surface area contributed by atoms with Crippen molar-refractivity contribution in [2.24, 2.45) is 11.3 Å². The van der Waals surface area contributed by atoms with Gasteiger partial charge in [-0.3, -0.25) is 0 Å². The van der Waals surface area contributed by atoms with Crippen molar-refractivity contribution in [2.75, 3.05) is 0 Å². The average Bonchev–Trinajstić information content (AvgIpc) is 2.01. The van der Waals surface area contributed by atoms with Gasteiger partial charge < -0.3 is 0 Å². The van der Waals surface area contributed by atoms with Crippen LogP contribution < -0.4 is 0 Å². The molecule has 0 bridgehead atoms. The van der Waals surface area contributed by atoms with E-state index in [0.29, 0.717) is 5.41 Å². The first-order valence-electron chi connectivity index (χ1n) is 5.56. The quantitative estimate of drug-likeness (QED) is 0.545. The van der Waals surface area contributed by atoms with Gasteiger partial charge in [0, 0.05) is 0 Å². The minimum Gasteiger partial charge on any atom is -0.0654 e. The van der Waals surface area contributed by atoms with E-state index in [2.05, 4.69) is 34.6 Å². The molecule has 1 unspecified atom stereocenters. The molecule has 0 nitrogen and oxygen atoms in total. The summed E-state index contributed by atoms with van der Waals surface area (Å²) in [6, 6.07) is 0. The van der Waals surface area contributed by atoms with Gasteiger partial charge in [-0.15, -0.1) is 0 Å². The fraction of sp³-hybridized carbons (Fsp3) is 1.00. The van der Waals surface area contributed by atoms with Gasteiger partial charge in [0.05, 0.1) is 0 Å². The Hall–Kier alpha value is 0. The molecule has 0 aromatic carbocycles. The van der Waals surface area contributed by atoms with E-state index in [1.165, 1.54) is 32.1 Å². The molecule has 0 saturated heterocycles. The molecule has 0 rings (SSSR count). The minimum absolute atomic E-state index is 0.602. The fourth-order valence-corrected chi connectivity index (χ4v) is 1.85. The lowest BCUT2D eigenvalue weighted by atomic mass is 9.72. The Labute approximate surface area is 78.8 Å². The highest BCUT2D eigenvalue weighted by atomic mass is 14.3. The molecule has 0 radical (unpaired) electrons. The number of rotatable bonds is 6. The SMILES string of the molecule is CCCCC(C)(CCC)C(C)C. The van der Waals surface area contributed by atoms with Crippen molar-refractivity contribution in [1.29, 1.82) is 0 Å². The molecule has 0 aliphatic heterocycles. The number of hydrogen-bond acceptors (Lipinski definition) is 0. The van der Waals surface area contributed by atoms with Gasteiger partial charge in [0.15, 0.2) is 0 Å². The van der Waals surface area contributed by atoms with E-state index in [1.807, 2.05) is 0 Å². The van der Waals surface area contributed by atoms with Crippen LogP contribution in [0.25, 0.3) is 0 Å². The topological polar surface area (TPSA) is 0 Å². The van der Waals surface area contributed by atoms with Gasteiger partial charge in [-0.25, -0.2) is 0 Å². The number of unbranched alkanes of at least 4 members (excludes halogenated alkanes) is 1. The van der Waals surface area contributed by atoms with E-state index < -0.39 is 0 Å². The van der Waals surface area contributed by atoms with Crippen LogP contribution in [-0.2, 0) is 0 Å². The third kappa shape index (κ3) is 3.60. The summed E-state index contributed by atoms with van der Waals surface area (Å²) >= 11 is 0. The van der Waals surface area contributed by atoms with Crippen molar-refractivity contribution in [3.05, 3.63) is 0 Å². The monoisotopic (exact) mass is 170 g/mol. The first-order valence-corrected chi connectivity index (χ1v) is 5.56. The summed E-state index contributed by atoms with van der Waals surface area (Å²) in [7, 11) is 0. The van der Waals surface area contributed by atoms with Crippen LogP contribution in [-0.4, -0.2) is 0 Å². The van der Waals surface area contributed by atoms with Gasteiger partial charge in [-0.1, -0.05) is 53.9 Å². The van der Waals surface area contributed by atoms with Crippen LogP contribution in [0.4, 0.5) is 0 Å². The van der Waals surface area contributed by atoms with E-state index in [-0.39, 0.29) is 0 Å². The second kappa shape index (κ2) is 5.61. The largest absolute Gasteiger partial charge is 0.0654 e. The molecule has 0 fully saturated rings. The molecule has 0 aromatic rings. The van der Waals surface area contributed by atoms with Crippen LogP contribution in [0.3, 0.4) is 0 Å². The maximum Gasteiger partial charge on any atom is -0.0303 e. The third-order valence-corrected chi connectivity index (χ3v) is 3.32. The molecule has 0 aliphatic carbocycles. The highest BCUT2D eigenvalue weighted by Gasteiger charge is 2.25. The Balaban J connectivity index is 3.99. The highest BCUT2D eigenvalue weighted by molar-refractivity contribution is 4.76. The van der Waals surface area contributed by atoms with E-state index in [1.54, 1.807) is 0 Å². The van der Waals surface area contributed by atoms with Crippen molar-refractivity contribution in [2.45, 2.75) is 66.7 Å². The Kier molecular flexibility index (Phi) is 5.61. The zero-order chi connectivity index (χ0) is 9.61. The summed E-state index contributed by atoms with van der Waals surface area (Å²) in [4.78, 5) is 0. The molecule has 12 heavy (non-hydrogen) atoms. The Morgan fingerprint density at radius 1 is 1.00 bits per heavy atom. The van der Waals surface area contributed by atoms with Gasteiger partial charge >= 0.3 is 0 Å². The van der Waals surface area contributed by atoms with Crippen molar-refractivity contribution in [3.63, 3.8) is 0 Å². The van der Waals surface area contributed by atoms with Gasteiger partial charge in [-0.2, -0.15) is 0 Å². The predicted octanol–water partition coefficient (Wildman–Crippen LogP) is 4.64. The predicted molar refractivity (Wildman–Crippen MR) is 57.4 cm³/mol. The molecule has 1 atom stereocenters. The molecule has 0 N–H and O–H groups in total. The van der Waals surface area contributed by atoms with Crippen molar-refractivity contribution in [1.82, 2.24) is 0 Å². The normalized spacial score (nSPS) is 16.5. The summed E-state index contributed by atoms with van der Waals surface area (Å²) in [5, 5.41) is 0. The minimum atomic E-state index is 0.602. The van der Waals surface area contributed by atoms with Crippen LogP contribution in [0.15, 0.2) is 0 Å². The smallest absolute Gasteiger partial charge is 0.0303 e. The maximum atomic E-state index is 2.46. The summed E-state index contributed by atoms with van der Waals surface area (Å²) < 4.78 is 0. The van der Waals surface area contributed by atoms with Crippen molar-refractivity contribution < 1.29 is 0 Å². The molecule has 0 heteroatoms. The van der Waals surface area contributed by atoms with E-state index >= 15 is 0 Å². The first kappa shape index (κ1) is 12.0. The van der Waals surface area contributed by atoms with Crippen LogP contribution in [0.5, 0.6) is 0 Å². The second-order valence-electron chi connectivity index (χ2n) is 4.66. The van der Waals surface area contributed by atoms with Crippen molar-refractivity contribution >= 4 is 0 Å². The standard InChI is InChI=1S/C12H26/c1-6-8-10-12(5,9-7-2)11(3)4/h11H,6-10H2,1-5H3. The van der Waals surface area contributed by atoms with Gasteiger partial charge in [-0.05, 0) is 24.2 Å². The van der Waals surface area contributed by atoms with Crippen molar-refractivity contribution in [3.8, 4) is 0 Å². The molecule has 74 valence electrons. The molecular weight excluding hydrogens is 144 g/mol. The first-order chi connectivity index (χ1) is 5.56. The fourth-order valence-electron chi connectivity index (χ4n) is 1.85. The lowest BCUT2D eigenvalue weighted by Gasteiger charge is -2.33. The lowest BCUT2D eigenvalue weighted by molar-refractivity contribution is 0.174. The summed E-state index contributed by atoms with van der Waals surface area (Å²) in [5.74, 6) is 0.837. The summed E-state index contributed by atoms with van der Waals surface area (Å²) in [6.45, 7) is 11.8. The van der Waals surface area contributed by atoms with Gasteiger partial charge in [0.1, 0.15) is 0 Å². The zero-order valence-electron chi connectivity index (χ0n) is 9.61. The van der Waals surface area contributed by atoms with Crippen LogP contribution in [0, 0.1) is 11.3 Å². The average molecular weight is 170 g/mol. The summed E-state index contributed by atoms with van der Waals surface area (Å²) in [5.41, 5.74) is 0.602. The Bertz CT molecular complexity index is 105. The Morgan fingerprint density at radius 3 is 1.92 bits per heavy atom. The van der Waals surface area contributed by atoms with Crippen LogP contribution in [0.2, 0.25) is 0 Å². The Morgan fingerprint density at radius 2 is 1.58 bits per heavy atom. The van der Waals surface area contributed by atoms with Crippen LogP contribution in [0.1, 0.15) is 66.7 Å². The molecule has 0 aromatic heterocycles. The maximum absolute atomic E-state index is 2.46. The van der Waals surface area contributed by atoms with E-state index in [9.17, 15) is 0 Å². The number of hydrogen-bond donors (Lipinski definition) is 0. The third-order valence-electron chi connectivity index (χ3n) is 3.32. The molecule has 0 aliphatic rings. The second-order valence-corrected chi connectivity index (χ2v) is 4.66. The molecule has 0 saturated carbocycles. The van der Waals surface area contributed by atoms with Crippen LogP contribution >= 0.6 is 0 Å². The van der Waals surface area contributed by atoms with E-state index in [4.69, 9.17) is 0 Å². The summed E-state index contributed by atoms with van der Waals surface area (Å²) in [6.07, 6.45) is 6.87. The lowest BCUT2D eigenvalue weighted by Crippen LogP contribution is -2.23. The zero-order valence-corrected chi connectivity index (χ0v) is 9.61. The highest BCUT2D eigenvalue weighted by Crippen LogP contribution is 2.37. The molecule has 0 heterocycles. The molecule has 0 spiro atoms. The van der Waals surface area contributed by atoms with Gasteiger partial charge in [0.2, 0.25) is 0 Å². The van der Waals surface area contributed by atoms with E-state index in [0.717, 1.165) is 5.92 Å². The van der Waals surface area contributed by atoms with Gasteiger partial charge in [0.25, 0.3) is 0 Å². The molecular formula is C12H26.